The zero-order chi connectivity index (χ0) is 15.1. The summed E-state index contributed by atoms with van der Waals surface area (Å²) in [6.07, 6.45) is 1.10. The summed E-state index contributed by atoms with van der Waals surface area (Å²) in [6.45, 7) is 4.17. The molecule has 0 unspecified atom stereocenters. The maximum atomic E-state index is 11.9. The van der Waals surface area contributed by atoms with Gasteiger partial charge in [-0.05, 0) is 25.5 Å². The third-order valence-corrected chi connectivity index (χ3v) is 5.66. The van der Waals surface area contributed by atoms with Gasteiger partial charge >= 0.3 is 0 Å². The van der Waals surface area contributed by atoms with Crippen LogP contribution in [0.4, 0.5) is 5.13 Å². The van der Waals surface area contributed by atoms with Gasteiger partial charge in [0.15, 0.2) is 4.34 Å². The number of rotatable bonds is 7. The van der Waals surface area contributed by atoms with Gasteiger partial charge in [0.2, 0.25) is 11.0 Å². The van der Waals surface area contributed by atoms with Crippen LogP contribution in [0.1, 0.15) is 18.9 Å². The molecule has 0 saturated carbocycles. The van der Waals surface area contributed by atoms with Crippen LogP contribution >= 0.6 is 34.9 Å². The van der Waals surface area contributed by atoms with Gasteiger partial charge in [-0.1, -0.05) is 47.7 Å². The van der Waals surface area contributed by atoms with E-state index in [4.69, 9.17) is 0 Å². The van der Waals surface area contributed by atoms with Gasteiger partial charge in [0.25, 0.3) is 0 Å². The van der Waals surface area contributed by atoms with E-state index < -0.39 is 0 Å². The Morgan fingerprint density at radius 1 is 1.24 bits per heavy atom. The molecule has 7 heteroatoms. The molecule has 0 spiro atoms. The Morgan fingerprint density at radius 2 is 2.00 bits per heavy atom. The standard InChI is InChI=1S/C14H17N3OS3/c1-3-8-19-14-17-16-13(21-14)15-12(18)9-20-11-6-4-10(2)5-7-11/h4-7H,3,8-9H2,1-2H3,(H,15,16,18). The van der Waals surface area contributed by atoms with E-state index in [1.54, 1.807) is 11.8 Å². The average Bonchev–Trinajstić information content (AvgIpc) is 2.92. The molecule has 2 rings (SSSR count). The van der Waals surface area contributed by atoms with Crippen molar-refractivity contribution in [3.63, 3.8) is 0 Å². The molecule has 0 radical (unpaired) electrons. The summed E-state index contributed by atoms with van der Waals surface area (Å²) in [5.74, 6) is 1.34. The number of hydrogen-bond acceptors (Lipinski definition) is 6. The largest absolute Gasteiger partial charge is 0.300 e. The number of thioether (sulfide) groups is 2. The van der Waals surface area contributed by atoms with Gasteiger partial charge in [0.05, 0.1) is 5.75 Å². The second-order valence-electron chi connectivity index (χ2n) is 4.37. The first kappa shape index (κ1) is 16.3. The smallest absolute Gasteiger partial charge is 0.236 e. The van der Waals surface area contributed by atoms with Crippen molar-refractivity contribution >= 4 is 45.9 Å². The van der Waals surface area contributed by atoms with E-state index in [0.29, 0.717) is 10.9 Å². The van der Waals surface area contributed by atoms with Crippen LogP contribution in [0.2, 0.25) is 0 Å². The lowest BCUT2D eigenvalue weighted by molar-refractivity contribution is -0.113. The zero-order valence-corrected chi connectivity index (χ0v) is 14.4. The lowest BCUT2D eigenvalue weighted by Gasteiger charge is -2.02. The monoisotopic (exact) mass is 339 g/mol. The Bertz CT molecular complexity index is 583. The summed E-state index contributed by atoms with van der Waals surface area (Å²) in [7, 11) is 0. The number of aryl methyl sites for hydroxylation is 1. The number of carbonyl (C=O) groups excluding carboxylic acids is 1. The number of amides is 1. The fourth-order valence-electron chi connectivity index (χ4n) is 1.45. The minimum absolute atomic E-state index is 0.0521. The first-order chi connectivity index (χ1) is 10.2. The normalized spacial score (nSPS) is 10.6. The highest BCUT2D eigenvalue weighted by Crippen LogP contribution is 2.26. The van der Waals surface area contributed by atoms with Crippen LogP contribution in [0.15, 0.2) is 33.5 Å². The SMILES string of the molecule is CCCSc1nnc(NC(=O)CSc2ccc(C)cc2)s1. The Labute approximate surface area is 137 Å². The Hall–Kier alpha value is -1.05. The zero-order valence-electron chi connectivity index (χ0n) is 12.0. The molecule has 1 aromatic carbocycles. The molecule has 1 N–H and O–H groups in total. The van der Waals surface area contributed by atoms with Crippen LogP contribution in [0.25, 0.3) is 0 Å². The highest BCUT2D eigenvalue weighted by atomic mass is 32.2. The molecular formula is C14H17N3OS3. The fraction of sp³-hybridized carbons (Fsp3) is 0.357. The van der Waals surface area contributed by atoms with Crippen molar-refractivity contribution in [3.05, 3.63) is 29.8 Å². The minimum Gasteiger partial charge on any atom is -0.300 e. The van der Waals surface area contributed by atoms with Crippen molar-refractivity contribution in [1.29, 1.82) is 0 Å². The average molecular weight is 340 g/mol. The number of aromatic nitrogens is 2. The van der Waals surface area contributed by atoms with Gasteiger partial charge in [0, 0.05) is 10.6 Å². The number of hydrogen-bond donors (Lipinski definition) is 1. The van der Waals surface area contributed by atoms with Crippen LogP contribution < -0.4 is 5.32 Å². The van der Waals surface area contributed by atoms with Crippen molar-refractivity contribution in [2.75, 3.05) is 16.8 Å². The van der Waals surface area contributed by atoms with Crippen molar-refractivity contribution in [2.24, 2.45) is 0 Å². The molecule has 0 aliphatic heterocycles. The highest BCUT2D eigenvalue weighted by molar-refractivity contribution is 8.01. The first-order valence-corrected chi connectivity index (χ1v) is 9.41. The van der Waals surface area contributed by atoms with Gasteiger partial charge in [0.1, 0.15) is 0 Å². The Morgan fingerprint density at radius 3 is 2.71 bits per heavy atom. The van der Waals surface area contributed by atoms with Crippen LogP contribution in [-0.4, -0.2) is 27.6 Å². The lowest BCUT2D eigenvalue weighted by atomic mass is 10.2. The third kappa shape index (κ3) is 5.68. The van der Waals surface area contributed by atoms with Crippen LogP contribution in [0, 0.1) is 6.92 Å². The van der Waals surface area contributed by atoms with Gasteiger partial charge in [-0.3, -0.25) is 10.1 Å². The molecular weight excluding hydrogens is 322 g/mol. The summed E-state index contributed by atoms with van der Waals surface area (Å²) < 4.78 is 0.901. The van der Waals surface area contributed by atoms with Crippen LogP contribution in [0.3, 0.4) is 0 Å². The fourth-order valence-corrected chi connectivity index (χ4v) is 3.84. The summed E-state index contributed by atoms with van der Waals surface area (Å²) in [4.78, 5) is 13.0. The second-order valence-corrected chi connectivity index (χ2v) is 7.74. The van der Waals surface area contributed by atoms with Crippen LogP contribution in [-0.2, 0) is 4.79 Å². The molecule has 0 aliphatic carbocycles. The Balaban J connectivity index is 1.78. The molecule has 1 amide bonds. The number of carbonyl (C=O) groups is 1. The summed E-state index contributed by atoms with van der Waals surface area (Å²) in [6, 6.07) is 8.14. The lowest BCUT2D eigenvalue weighted by Crippen LogP contribution is -2.13. The molecule has 0 fully saturated rings. The predicted molar refractivity (Wildman–Crippen MR) is 91.5 cm³/mol. The molecule has 1 heterocycles. The molecule has 21 heavy (non-hydrogen) atoms. The topological polar surface area (TPSA) is 54.9 Å². The number of nitrogens with zero attached hydrogens (tertiary/aromatic N) is 2. The number of anilines is 1. The molecule has 0 atom stereocenters. The van der Waals surface area contributed by atoms with Crippen molar-refractivity contribution < 1.29 is 4.79 Å². The van der Waals surface area contributed by atoms with Gasteiger partial charge in [-0.15, -0.1) is 22.0 Å². The van der Waals surface area contributed by atoms with E-state index in [1.807, 2.05) is 31.2 Å². The molecule has 112 valence electrons. The van der Waals surface area contributed by atoms with Gasteiger partial charge in [-0.2, -0.15) is 0 Å². The summed E-state index contributed by atoms with van der Waals surface area (Å²) in [5.41, 5.74) is 1.22. The minimum atomic E-state index is -0.0521. The summed E-state index contributed by atoms with van der Waals surface area (Å²) in [5, 5.41) is 11.4. The highest BCUT2D eigenvalue weighted by Gasteiger charge is 2.08. The number of nitrogens with one attached hydrogen (secondary N) is 1. The summed E-state index contributed by atoms with van der Waals surface area (Å²) >= 11 is 4.61. The van der Waals surface area contributed by atoms with Gasteiger partial charge in [-0.25, -0.2) is 0 Å². The molecule has 2 aromatic rings. The molecule has 1 aromatic heterocycles. The van der Waals surface area contributed by atoms with E-state index in [9.17, 15) is 4.79 Å². The van der Waals surface area contributed by atoms with E-state index in [2.05, 4.69) is 22.4 Å². The van der Waals surface area contributed by atoms with Gasteiger partial charge < -0.3 is 0 Å². The third-order valence-electron chi connectivity index (χ3n) is 2.47. The maximum absolute atomic E-state index is 11.9. The first-order valence-electron chi connectivity index (χ1n) is 6.63. The van der Waals surface area contributed by atoms with E-state index in [0.717, 1.165) is 21.4 Å². The maximum Gasteiger partial charge on any atom is 0.236 e. The Kier molecular flexibility index (Phi) is 6.53. The van der Waals surface area contributed by atoms with E-state index in [1.165, 1.54) is 28.7 Å². The molecule has 0 bridgehead atoms. The second kappa shape index (κ2) is 8.41. The van der Waals surface area contributed by atoms with Crippen molar-refractivity contribution in [3.8, 4) is 0 Å². The van der Waals surface area contributed by atoms with E-state index in [-0.39, 0.29) is 5.91 Å². The van der Waals surface area contributed by atoms with E-state index >= 15 is 0 Å². The van der Waals surface area contributed by atoms with Crippen LogP contribution in [0.5, 0.6) is 0 Å². The molecule has 0 saturated heterocycles. The number of benzene rings is 1. The predicted octanol–water partition coefficient (Wildman–Crippen LogP) is 4.08. The molecule has 4 nitrogen and oxygen atoms in total. The quantitative estimate of drug-likeness (QED) is 0.608. The molecule has 0 aliphatic rings. The van der Waals surface area contributed by atoms with Crippen molar-refractivity contribution in [1.82, 2.24) is 10.2 Å². The van der Waals surface area contributed by atoms with Crippen molar-refractivity contribution in [2.45, 2.75) is 29.5 Å².